The van der Waals surface area contributed by atoms with Crippen molar-refractivity contribution < 1.29 is 13.7 Å². The Kier molecular flexibility index (Phi) is 4.18. The molecule has 1 aliphatic rings. The first-order chi connectivity index (χ1) is 11.2. The maximum atomic E-state index is 13.1. The van der Waals surface area contributed by atoms with Crippen LogP contribution in [0.1, 0.15) is 33.3 Å². The van der Waals surface area contributed by atoms with Crippen molar-refractivity contribution in [2.45, 2.75) is 45.8 Å². The van der Waals surface area contributed by atoms with E-state index in [2.05, 4.69) is 5.32 Å². The van der Waals surface area contributed by atoms with Crippen molar-refractivity contribution in [2.75, 3.05) is 5.32 Å². The lowest BCUT2D eigenvalue weighted by molar-refractivity contribution is 0.00578. The maximum absolute atomic E-state index is 13.1. The second kappa shape index (κ2) is 5.90. The summed E-state index contributed by atoms with van der Waals surface area (Å²) in [5.74, 6) is -0.247. The van der Waals surface area contributed by atoms with Crippen molar-refractivity contribution in [3.05, 3.63) is 53.8 Å². The van der Waals surface area contributed by atoms with Gasteiger partial charge >= 0.3 is 7.12 Å². The van der Waals surface area contributed by atoms with E-state index in [1.54, 1.807) is 12.1 Å². The third-order valence-electron chi connectivity index (χ3n) is 4.91. The largest absolute Gasteiger partial charge is 0.494 e. The van der Waals surface area contributed by atoms with Crippen LogP contribution in [0.2, 0.25) is 0 Å². The third kappa shape index (κ3) is 3.19. The molecule has 0 aliphatic carbocycles. The molecule has 2 aromatic rings. The van der Waals surface area contributed by atoms with Gasteiger partial charge in [-0.15, -0.1) is 0 Å². The zero-order chi connectivity index (χ0) is 17.5. The molecule has 1 fully saturated rings. The van der Waals surface area contributed by atoms with Gasteiger partial charge in [0.2, 0.25) is 0 Å². The number of benzene rings is 2. The highest BCUT2D eigenvalue weighted by Crippen LogP contribution is 2.36. The van der Waals surface area contributed by atoms with Gasteiger partial charge in [0.05, 0.1) is 11.2 Å². The summed E-state index contributed by atoms with van der Waals surface area (Å²) >= 11 is 0. The fourth-order valence-electron chi connectivity index (χ4n) is 2.59. The van der Waals surface area contributed by atoms with Gasteiger partial charge in [-0.25, -0.2) is 4.39 Å². The Balaban J connectivity index is 1.86. The highest BCUT2D eigenvalue weighted by atomic mass is 19.1. The Morgan fingerprint density at radius 1 is 0.917 bits per heavy atom. The van der Waals surface area contributed by atoms with Crippen LogP contribution in [0.3, 0.4) is 0 Å². The zero-order valence-corrected chi connectivity index (χ0v) is 14.8. The Bertz CT molecular complexity index is 728. The summed E-state index contributed by atoms with van der Waals surface area (Å²) in [7, 11) is -0.399. The number of rotatable bonds is 3. The molecular formula is C19H23BFNO2. The highest BCUT2D eigenvalue weighted by molar-refractivity contribution is 6.62. The van der Waals surface area contributed by atoms with Crippen molar-refractivity contribution in [1.82, 2.24) is 0 Å². The van der Waals surface area contributed by atoms with Gasteiger partial charge in [-0.3, -0.25) is 0 Å². The van der Waals surface area contributed by atoms with E-state index >= 15 is 0 Å². The lowest BCUT2D eigenvalue weighted by Gasteiger charge is -2.32. The molecule has 0 saturated carbocycles. The average Bonchev–Trinajstić information content (AvgIpc) is 2.72. The number of hydrogen-bond acceptors (Lipinski definition) is 3. The highest BCUT2D eigenvalue weighted by Gasteiger charge is 2.51. The van der Waals surface area contributed by atoms with Crippen LogP contribution in [0.5, 0.6) is 0 Å². The van der Waals surface area contributed by atoms with Crippen LogP contribution in [-0.2, 0) is 9.31 Å². The fraction of sp³-hybridized carbons (Fsp3) is 0.368. The summed E-state index contributed by atoms with van der Waals surface area (Å²) in [6.07, 6.45) is 0. The van der Waals surface area contributed by atoms with Gasteiger partial charge in [-0.1, -0.05) is 12.1 Å². The standard InChI is InChI=1S/C19H23BFNO2/c1-13-6-7-14(20-23-18(2,3)19(4,5)24-20)12-17(13)22-16-10-8-15(21)9-11-16/h6-12,22H,1-5H3. The van der Waals surface area contributed by atoms with E-state index in [1.165, 1.54) is 12.1 Å². The minimum absolute atomic E-state index is 0.247. The molecule has 5 heteroatoms. The molecular weight excluding hydrogens is 304 g/mol. The van der Waals surface area contributed by atoms with Crippen molar-refractivity contribution in [3.63, 3.8) is 0 Å². The second-order valence-corrected chi connectivity index (χ2v) is 7.29. The number of aryl methyl sites for hydroxylation is 1. The first-order valence-electron chi connectivity index (χ1n) is 8.17. The molecule has 1 N–H and O–H groups in total. The smallest absolute Gasteiger partial charge is 0.399 e. The first-order valence-corrected chi connectivity index (χ1v) is 8.17. The van der Waals surface area contributed by atoms with E-state index in [1.807, 2.05) is 52.8 Å². The minimum atomic E-state index is -0.399. The lowest BCUT2D eigenvalue weighted by Crippen LogP contribution is -2.41. The van der Waals surface area contributed by atoms with E-state index in [0.29, 0.717) is 0 Å². The predicted molar refractivity (Wildman–Crippen MR) is 96.6 cm³/mol. The van der Waals surface area contributed by atoms with E-state index in [-0.39, 0.29) is 17.0 Å². The fourth-order valence-corrected chi connectivity index (χ4v) is 2.59. The average molecular weight is 327 g/mol. The van der Waals surface area contributed by atoms with E-state index in [4.69, 9.17) is 9.31 Å². The number of anilines is 2. The van der Waals surface area contributed by atoms with Crippen molar-refractivity contribution in [1.29, 1.82) is 0 Å². The zero-order valence-electron chi connectivity index (χ0n) is 14.8. The summed E-state index contributed by atoms with van der Waals surface area (Å²) in [6, 6.07) is 12.4. The van der Waals surface area contributed by atoms with E-state index < -0.39 is 7.12 Å². The molecule has 3 nitrogen and oxygen atoms in total. The summed E-state index contributed by atoms with van der Waals surface area (Å²) in [4.78, 5) is 0. The van der Waals surface area contributed by atoms with Gasteiger partial charge in [0, 0.05) is 11.4 Å². The molecule has 2 aromatic carbocycles. The number of hydrogen-bond donors (Lipinski definition) is 1. The molecule has 0 aromatic heterocycles. The molecule has 1 heterocycles. The van der Waals surface area contributed by atoms with Crippen molar-refractivity contribution in [3.8, 4) is 0 Å². The van der Waals surface area contributed by atoms with E-state index in [9.17, 15) is 4.39 Å². The summed E-state index contributed by atoms with van der Waals surface area (Å²) < 4.78 is 25.3. The maximum Gasteiger partial charge on any atom is 0.494 e. The molecule has 0 unspecified atom stereocenters. The second-order valence-electron chi connectivity index (χ2n) is 7.29. The normalized spacial score (nSPS) is 18.7. The van der Waals surface area contributed by atoms with Crippen LogP contribution in [0, 0.1) is 12.7 Å². The SMILES string of the molecule is Cc1ccc(B2OC(C)(C)C(C)(C)O2)cc1Nc1ccc(F)cc1. The number of halogens is 1. The molecule has 0 spiro atoms. The lowest BCUT2D eigenvalue weighted by atomic mass is 9.78. The first kappa shape index (κ1) is 17.0. The van der Waals surface area contributed by atoms with Crippen molar-refractivity contribution >= 4 is 24.0 Å². The van der Waals surface area contributed by atoms with Gasteiger partial charge < -0.3 is 14.6 Å². The Hall–Kier alpha value is -1.85. The predicted octanol–water partition coefficient (Wildman–Crippen LogP) is 4.18. The minimum Gasteiger partial charge on any atom is -0.399 e. The third-order valence-corrected chi connectivity index (χ3v) is 4.91. The topological polar surface area (TPSA) is 30.5 Å². The Morgan fingerprint density at radius 2 is 1.50 bits per heavy atom. The van der Waals surface area contributed by atoms with Crippen LogP contribution in [0.25, 0.3) is 0 Å². The van der Waals surface area contributed by atoms with Crippen LogP contribution in [0.15, 0.2) is 42.5 Å². The van der Waals surface area contributed by atoms with Crippen LogP contribution >= 0.6 is 0 Å². The molecule has 3 rings (SSSR count). The molecule has 0 bridgehead atoms. The molecule has 1 aliphatic heterocycles. The monoisotopic (exact) mass is 327 g/mol. The van der Waals surface area contributed by atoms with E-state index in [0.717, 1.165) is 22.4 Å². The van der Waals surface area contributed by atoms with Crippen LogP contribution in [-0.4, -0.2) is 18.3 Å². The summed E-state index contributed by atoms with van der Waals surface area (Å²) in [6.45, 7) is 10.2. The summed E-state index contributed by atoms with van der Waals surface area (Å²) in [5, 5.41) is 3.33. The number of nitrogens with one attached hydrogen (secondary N) is 1. The molecule has 0 radical (unpaired) electrons. The Labute approximate surface area is 143 Å². The van der Waals surface area contributed by atoms with Gasteiger partial charge in [0.25, 0.3) is 0 Å². The van der Waals surface area contributed by atoms with Crippen LogP contribution in [0.4, 0.5) is 15.8 Å². The summed E-state index contributed by atoms with van der Waals surface area (Å²) in [5.41, 5.74) is 3.11. The molecule has 0 atom stereocenters. The molecule has 1 saturated heterocycles. The van der Waals surface area contributed by atoms with Gasteiger partial charge in [-0.2, -0.15) is 0 Å². The van der Waals surface area contributed by atoms with Gasteiger partial charge in [0.15, 0.2) is 0 Å². The quantitative estimate of drug-likeness (QED) is 0.858. The molecule has 126 valence electrons. The van der Waals surface area contributed by atoms with Gasteiger partial charge in [-0.05, 0) is 76.0 Å². The molecule has 0 amide bonds. The van der Waals surface area contributed by atoms with Gasteiger partial charge in [0.1, 0.15) is 5.82 Å². The van der Waals surface area contributed by atoms with Crippen LogP contribution < -0.4 is 10.8 Å². The van der Waals surface area contributed by atoms with Crippen molar-refractivity contribution in [2.24, 2.45) is 0 Å². The molecule has 24 heavy (non-hydrogen) atoms. The Morgan fingerprint density at radius 3 is 2.08 bits per heavy atom.